The smallest absolute Gasteiger partial charge is 0.324 e. The molecule has 1 aromatic carbocycles. The van der Waals surface area contributed by atoms with Crippen molar-refractivity contribution >= 4 is 5.97 Å². The molecule has 2 N–H and O–H groups in total. The minimum Gasteiger partial charge on any atom is -0.504 e. The lowest BCUT2D eigenvalue weighted by molar-refractivity contribution is -0.150. The van der Waals surface area contributed by atoms with E-state index < -0.39 is 0 Å². The Morgan fingerprint density at radius 3 is 3.00 bits per heavy atom. The molecule has 0 spiro atoms. The number of hydrogen-bond acceptors (Lipinski definition) is 6. The summed E-state index contributed by atoms with van der Waals surface area (Å²) in [5, 5.41) is 13.0. The zero-order valence-corrected chi connectivity index (χ0v) is 12.5. The van der Waals surface area contributed by atoms with Gasteiger partial charge in [-0.3, -0.25) is 9.69 Å². The summed E-state index contributed by atoms with van der Waals surface area (Å²) in [5.74, 6) is 0.348. The first kappa shape index (κ1) is 15.6. The zero-order chi connectivity index (χ0) is 15.2. The summed E-state index contributed by atoms with van der Waals surface area (Å²) in [6, 6.07) is 5.00. The number of rotatable bonds is 5. The van der Waals surface area contributed by atoms with Gasteiger partial charge in [-0.05, 0) is 24.6 Å². The van der Waals surface area contributed by atoms with Crippen molar-refractivity contribution in [2.24, 2.45) is 0 Å². The number of aromatic hydroxyl groups is 1. The van der Waals surface area contributed by atoms with Crippen molar-refractivity contribution in [3.8, 4) is 11.5 Å². The Bertz CT molecular complexity index is 493. The molecule has 0 amide bonds. The minimum atomic E-state index is -0.289. The van der Waals surface area contributed by atoms with Crippen LogP contribution in [0.3, 0.4) is 0 Å². The average molecular weight is 294 g/mol. The van der Waals surface area contributed by atoms with Crippen molar-refractivity contribution in [1.82, 2.24) is 10.2 Å². The molecule has 1 aliphatic heterocycles. The average Bonchev–Trinajstić information content (AvgIpc) is 2.48. The van der Waals surface area contributed by atoms with E-state index in [4.69, 9.17) is 9.47 Å². The summed E-state index contributed by atoms with van der Waals surface area (Å²) in [6.07, 6.45) is 0. The van der Waals surface area contributed by atoms with Gasteiger partial charge in [-0.25, -0.2) is 0 Å². The number of esters is 1. The number of methoxy groups -OCH3 is 1. The van der Waals surface area contributed by atoms with E-state index in [0.29, 0.717) is 25.4 Å². The topological polar surface area (TPSA) is 71.0 Å². The summed E-state index contributed by atoms with van der Waals surface area (Å²) in [7, 11) is 1.52. The van der Waals surface area contributed by atoms with Gasteiger partial charge in [0.2, 0.25) is 0 Å². The number of carbonyl (C=O) groups excluding carboxylic acids is 1. The maximum Gasteiger partial charge on any atom is 0.324 e. The van der Waals surface area contributed by atoms with E-state index in [1.54, 1.807) is 19.1 Å². The second-order valence-corrected chi connectivity index (χ2v) is 4.95. The van der Waals surface area contributed by atoms with Gasteiger partial charge in [0.1, 0.15) is 6.04 Å². The normalized spacial score (nSPS) is 19.2. The molecule has 1 heterocycles. The van der Waals surface area contributed by atoms with Gasteiger partial charge in [-0.15, -0.1) is 0 Å². The van der Waals surface area contributed by atoms with Crippen LogP contribution in [-0.4, -0.2) is 55.4 Å². The molecule has 116 valence electrons. The summed E-state index contributed by atoms with van der Waals surface area (Å²) < 4.78 is 10.2. The van der Waals surface area contributed by atoms with Gasteiger partial charge in [-0.2, -0.15) is 0 Å². The number of phenolic OH excluding ortho intramolecular Hbond substituents is 1. The molecule has 6 heteroatoms. The lowest BCUT2D eigenvalue weighted by Gasteiger charge is -2.34. The fraction of sp³-hybridized carbons (Fsp3) is 0.533. The van der Waals surface area contributed by atoms with Crippen molar-refractivity contribution in [2.75, 3.05) is 33.4 Å². The van der Waals surface area contributed by atoms with Crippen molar-refractivity contribution in [1.29, 1.82) is 0 Å². The van der Waals surface area contributed by atoms with Crippen LogP contribution in [-0.2, 0) is 16.1 Å². The van der Waals surface area contributed by atoms with Gasteiger partial charge < -0.3 is 19.9 Å². The van der Waals surface area contributed by atoms with Crippen molar-refractivity contribution in [2.45, 2.75) is 19.5 Å². The molecule has 2 rings (SSSR count). The first-order valence-electron chi connectivity index (χ1n) is 7.13. The number of hydrogen-bond donors (Lipinski definition) is 2. The van der Waals surface area contributed by atoms with Crippen LogP contribution in [0.4, 0.5) is 0 Å². The molecule has 0 aliphatic carbocycles. The van der Waals surface area contributed by atoms with E-state index in [0.717, 1.165) is 18.7 Å². The van der Waals surface area contributed by atoms with Crippen LogP contribution < -0.4 is 10.1 Å². The quantitative estimate of drug-likeness (QED) is 0.781. The molecule has 1 unspecified atom stereocenters. The highest BCUT2D eigenvalue weighted by Gasteiger charge is 2.29. The lowest BCUT2D eigenvalue weighted by atomic mass is 10.1. The van der Waals surface area contributed by atoms with Gasteiger partial charge >= 0.3 is 5.97 Å². The fourth-order valence-electron chi connectivity index (χ4n) is 2.47. The van der Waals surface area contributed by atoms with Gasteiger partial charge in [0.05, 0.1) is 13.7 Å². The molecule has 1 atom stereocenters. The predicted molar refractivity (Wildman–Crippen MR) is 78.4 cm³/mol. The number of benzene rings is 1. The van der Waals surface area contributed by atoms with Crippen LogP contribution in [0.5, 0.6) is 11.5 Å². The summed E-state index contributed by atoms with van der Waals surface area (Å²) in [4.78, 5) is 14.1. The van der Waals surface area contributed by atoms with Gasteiger partial charge in [0.15, 0.2) is 11.5 Å². The molecular weight excluding hydrogens is 272 g/mol. The molecule has 1 aromatic rings. The Morgan fingerprint density at radius 2 is 2.33 bits per heavy atom. The van der Waals surface area contributed by atoms with Crippen LogP contribution >= 0.6 is 0 Å². The summed E-state index contributed by atoms with van der Waals surface area (Å²) in [6.45, 7) is 4.95. The summed E-state index contributed by atoms with van der Waals surface area (Å²) >= 11 is 0. The molecule has 0 bridgehead atoms. The molecule has 6 nitrogen and oxygen atoms in total. The molecule has 0 aromatic heterocycles. The number of nitrogens with zero attached hydrogens (tertiary/aromatic N) is 1. The highest BCUT2D eigenvalue weighted by molar-refractivity contribution is 5.76. The van der Waals surface area contributed by atoms with Crippen molar-refractivity contribution < 1.29 is 19.4 Å². The maximum atomic E-state index is 12.0. The van der Waals surface area contributed by atoms with E-state index in [1.165, 1.54) is 7.11 Å². The molecular formula is C15H22N2O4. The third-order valence-corrected chi connectivity index (χ3v) is 3.54. The van der Waals surface area contributed by atoms with Gasteiger partial charge in [0.25, 0.3) is 0 Å². The second kappa shape index (κ2) is 7.28. The Hall–Kier alpha value is -1.79. The Balaban J connectivity index is 2.08. The third-order valence-electron chi connectivity index (χ3n) is 3.54. The SMILES string of the molecule is CCOC(=O)C1CNCCN1Cc1ccc(OC)c(O)c1. The zero-order valence-electron chi connectivity index (χ0n) is 12.5. The number of phenols is 1. The van der Waals surface area contributed by atoms with Crippen molar-refractivity contribution in [3.63, 3.8) is 0 Å². The van der Waals surface area contributed by atoms with Crippen LogP contribution in [0, 0.1) is 0 Å². The Labute approximate surface area is 124 Å². The molecule has 21 heavy (non-hydrogen) atoms. The van der Waals surface area contributed by atoms with Gasteiger partial charge in [-0.1, -0.05) is 6.07 Å². The summed E-state index contributed by atoms with van der Waals surface area (Å²) in [5.41, 5.74) is 0.935. The van der Waals surface area contributed by atoms with Crippen LogP contribution in [0.1, 0.15) is 12.5 Å². The number of nitrogens with one attached hydrogen (secondary N) is 1. The largest absolute Gasteiger partial charge is 0.504 e. The maximum absolute atomic E-state index is 12.0. The first-order chi connectivity index (χ1) is 10.2. The van der Waals surface area contributed by atoms with Crippen LogP contribution in [0.2, 0.25) is 0 Å². The number of ether oxygens (including phenoxy) is 2. The molecule has 1 saturated heterocycles. The van der Waals surface area contributed by atoms with Gasteiger partial charge in [0, 0.05) is 26.2 Å². The molecule has 0 radical (unpaired) electrons. The second-order valence-electron chi connectivity index (χ2n) is 4.95. The highest BCUT2D eigenvalue weighted by Crippen LogP contribution is 2.27. The highest BCUT2D eigenvalue weighted by atomic mass is 16.5. The fourth-order valence-corrected chi connectivity index (χ4v) is 2.47. The van der Waals surface area contributed by atoms with E-state index in [2.05, 4.69) is 10.2 Å². The Morgan fingerprint density at radius 1 is 1.52 bits per heavy atom. The van der Waals surface area contributed by atoms with Crippen molar-refractivity contribution in [3.05, 3.63) is 23.8 Å². The van der Waals surface area contributed by atoms with E-state index in [1.807, 2.05) is 6.07 Å². The predicted octanol–water partition coefficient (Wildman–Crippen LogP) is 0.738. The van der Waals surface area contributed by atoms with Crippen LogP contribution in [0.15, 0.2) is 18.2 Å². The molecule has 0 saturated carbocycles. The lowest BCUT2D eigenvalue weighted by Crippen LogP contribution is -2.54. The Kier molecular flexibility index (Phi) is 5.41. The van der Waals surface area contributed by atoms with E-state index >= 15 is 0 Å². The monoisotopic (exact) mass is 294 g/mol. The molecule has 1 aliphatic rings. The first-order valence-corrected chi connectivity index (χ1v) is 7.13. The minimum absolute atomic E-state index is 0.109. The van der Waals surface area contributed by atoms with E-state index in [9.17, 15) is 9.90 Å². The molecule has 1 fully saturated rings. The number of carbonyl (C=O) groups is 1. The number of piperazine rings is 1. The van der Waals surface area contributed by atoms with E-state index in [-0.39, 0.29) is 17.8 Å². The standard InChI is InChI=1S/C15H22N2O4/c1-3-21-15(19)12-9-16-6-7-17(12)10-11-4-5-14(20-2)13(18)8-11/h4-5,8,12,16,18H,3,6-7,9-10H2,1-2H3. The van der Waals surface area contributed by atoms with Crippen LogP contribution in [0.25, 0.3) is 0 Å². The third kappa shape index (κ3) is 3.86.